The molecule has 1 fully saturated rings. The summed E-state index contributed by atoms with van der Waals surface area (Å²) in [6, 6.07) is 6.02. The van der Waals surface area contributed by atoms with Crippen LogP contribution in [0.3, 0.4) is 0 Å². The van der Waals surface area contributed by atoms with Crippen molar-refractivity contribution in [3.63, 3.8) is 0 Å². The zero-order valence-electron chi connectivity index (χ0n) is 17.3. The van der Waals surface area contributed by atoms with Gasteiger partial charge in [0.2, 0.25) is 0 Å². The topological polar surface area (TPSA) is 67.4 Å². The van der Waals surface area contributed by atoms with E-state index in [9.17, 15) is 0 Å². The standard InChI is InChI=1S/C20H34N4O3.HI/c1-21-20(22-9-4-5-11-24-12-14-27-15-13-24)23-10-8-17-6-7-18(25-2)19(16-17)26-3;/h6-7,16H,4-5,8-15H2,1-3H3,(H2,21,22,23);1H. The monoisotopic (exact) mass is 506 g/mol. The molecule has 1 aliphatic heterocycles. The zero-order valence-corrected chi connectivity index (χ0v) is 19.7. The minimum absolute atomic E-state index is 0. The number of methoxy groups -OCH3 is 2. The Morgan fingerprint density at radius 3 is 2.46 bits per heavy atom. The molecule has 0 bridgehead atoms. The lowest BCUT2D eigenvalue weighted by Crippen LogP contribution is -2.39. The third kappa shape index (κ3) is 8.83. The van der Waals surface area contributed by atoms with Crippen LogP contribution in [-0.2, 0) is 11.2 Å². The molecule has 1 aromatic carbocycles. The van der Waals surface area contributed by atoms with Crippen molar-refractivity contribution in [2.24, 2.45) is 4.99 Å². The molecule has 0 amide bonds. The number of rotatable bonds is 10. The summed E-state index contributed by atoms with van der Waals surface area (Å²) in [4.78, 5) is 6.76. The third-order valence-electron chi connectivity index (χ3n) is 4.67. The van der Waals surface area contributed by atoms with Crippen molar-refractivity contribution < 1.29 is 14.2 Å². The summed E-state index contributed by atoms with van der Waals surface area (Å²) in [5.74, 6) is 2.36. The van der Waals surface area contributed by atoms with E-state index in [-0.39, 0.29) is 24.0 Å². The van der Waals surface area contributed by atoms with Gasteiger partial charge in [0.15, 0.2) is 17.5 Å². The first-order valence-electron chi connectivity index (χ1n) is 9.72. The first-order chi connectivity index (χ1) is 13.3. The molecule has 2 N–H and O–H groups in total. The molecule has 0 aromatic heterocycles. The number of morpholine rings is 1. The summed E-state index contributed by atoms with van der Waals surface area (Å²) in [6.45, 7) is 6.75. The molecule has 0 radical (unpaired) electrons. The number of guanidine groups is 1. The average molecular weight is 506 g/mol. The van der Waals surface area contributed by atoms with Crippen LogP contribution in [0.1, 0.15) is 18.4 Å². The van der Waals surface area contributed by atoms with Crippen LogP contribution in [0.2, 0.25) is 0 Å². The highest BCUT2D eigenvalue weighted by molar-refractivity contribution is 14.0. The minimum atomic E-state index is 0. The van der Waals surface area contributed by atoms with E-state index in [1.807, 2.05) is 12.1 Å². The molecule has 0 saturated carbocycles. The van der Waals surface area contributed by atoms with E-state index in [1.165, 1.54) is 12.0 Å². The average Bonchev–Trinajstić information content (AvgIpc) is 2.72. The van der Waals surface area contributed by atoms with Crippen molar-refractivity contribution in [2.45, 2.75) is 19.3 Å². The molecule has 8 heteroatoms. The molecule has 1 saturated heterocycles. The van der Waals surface area contributed by atoms with Gasteiger partial charge in [-0.3, -0.25) is 9.89 Å². The van der Waals surface area contributed by atoms with Crippen molar-refractivity contribution in [3.8, 4) is 11.5 Å². The molecule has 160 valence electrons. The third-order valence-corrected chi connectivity index (χ3v) is 4.67. The molecule has 0 atom stereocenters. The minimum Gasteiger partial charge on any atom is -0.493 e. The number of unbranched alkanes of at least 4 members (excludes halogenated alkanes) is 1. The Morgan fingerprint density at radius 2 is 1.79 bits per heavy atom. The van der Waals surface area contributed by atoms with Gasteiger partial charge in [0.1, 0.15) is 0 Å². The molecule has 0 unspecified atom stereocenters. The van der Waals surface area contributed by atoms with E-state index in [0.717, 1.165) is 76.2 Å². The Hall–Kier alpha value is -1.26. The number of nitrogens with one attached hydrogen (secondary N) is 2. The van der Waals surface area contributed by atoms with E-state index in [4.69, 9.17) is 14.2 Å². The highest BCUT2D eigenvalue weighted by Crippen LogP contribution is 2.27. The summed E-state index contributed by atoms with van der Waals surface area (Å²) in [7, 11) is 5.11. The summed E-state index contributed by atoms with van der Waals surface area (Å²) in [5, 5.41) is 6.75. The maximum absolute atomic E-state index is 5.38. The number of aliphatic imine (C=N–C) groups is 1. The van der Waals surface area contributed by atoms with Crippen LogP contribution < -0.4 is 20.1 Å². The van der Waals surface area contributed by atoms with Gasteiger partial charge in [-0.1, -0.05) is 6.07 Å². The molecule has 2 rings (SSSR count). The van der Waals surface area contributed by atoms with Crippen molar-refractivity contribution in [3.05, 3.63) is 23.8 Å². The molecule has 7 nitrogen and oxygen atoms in total. The van der Waals surface area contributed by atoms with Gasteiger partial charge in [0.05, 0.1) is 27.4 Å². The lowest BCUT2D eigenvalue weighted by atomic mass is 10.1. The van der Waals surface area contributed by atoms with Crippen molar-refractivity contribution in [1.82, 2.24) is 15.5 Å². The van der Waals surface area contributed by atoms with Gasteiger partial charge in [0.25, 0.3) is 0 Å². The van der Waals surface area contributed by atoms with E-state index in [0.29, 0.717) is 0 Å². The molecular formula is C20H35IN4O3. The van der Waals surface area contributed by atoms with Crippen molar-refractivity contribution in [2.75, 3.05) is 67.2 Å². The van der Waals surface area contributed by atoms with Crippen molar-refractivity contribution >= 4 is 29.9 Å². The Balaban J connectivity index is 0.00000392. The van der Waals surface area contributed by atoms with Crippen LogP contribution in [0.5, 0.6) is 11.5 Å². The number of hydrogen-bond acceptors (Lipinski definition) is 5. The summed E-state index contributed by atoms with van der Waals surface area (Å²) < 4.78 is 16.0. The lowest BCUT2D eigenvalue weighted by Gasteiger charge is -2.26. The normalized spacial score (nSPS) is 14.9. The smallest absolute Gasteiger partial charge is 0.190 e. The number of benzene rings is 1. The lowest BCUT2D eigenvalue weighted by molar-refractivity contribution is 0.0372. The van der Waals surface area contributed by atoms with Crippen LogP contribution in [0.4, 0.5) is 0 Å². The molecule has 0 spiro atoms. The fraction of sp³-hybridized carbons (Fsp3) is 0.650. The zero-order chi connectivity index (χ0) is 19.3. The quantitative estimate of drug-likeness (QED) is 0.220. The summed E-state index contributed by atoms with van der Waals surface area (Å²) >= 11 is 0. The Bertz CT molecular complexity index is 581. The Labute approximate surface area is 186 Å². The highest BCUT2D eigenvalue weighted by Gasteiger charge is 2.09. The predicted octanol–water partition coefficient (Wildman–Crippen LogP) is 2.14. The van der Waals surface area contributed by atoms with Gasteiger partial charge >= 0.3 is 0 Å². The van der Waals surface area contributed by atoms with Crippen LogP contribution in [0.15, 0.2) is 23.2 Å². The van der Waals surface area contributed by atoms with E-state index < -0.39 is 0 Å². The fourth-order valence-corrected chi connectivity index (χ4v) is 3.07. The Morgan fingerprint density at radius 1 is 1.07 bits per heavy atom. The van der Waals surface area contributed by atoms with E-state index in [1.54, 1.807) is 21.3 Å². The van der Waals surface area contributed by atoms with Crippen LogP contribution >= 0.6 is 24.0 Å². The second kappa shape index (κ2) is 14.7. The van der Waals surface area contributed by atoms with E-state index >= 15 is 0 Å². The first kappa shape index (κ1) is 24.8. The van der Waals surface area contributed by atoms with Gasteiger partial charge in [0, 0.05) is 33.2 Å². The number of nitrogens with zero attached hydrogens (tertiary/aromatic N) is 2. The predicted molar refractivity (Wildman–Crippen MR) is 125 cm³/mol. The fourth-order valence-electron chi connectivity index (χ4n) is 3.07. The van der Waals surface area contributed by atoms with Crippen LogP contribution in [0, 0.1) is 0 Å². The van der Waals surface area contributed by atoms with E-state index in [2.05, 4.69) is 26.6 Å². The largest absolute Gasteiger partial charge is 0.493 e. The second-order valence-electron chi connectivity index (χ2n) is 6.53. The van der Waals surface area contributed by atoms with Gasteiger partial charge in [-0.15, -0.1) is 24.0 Å². The Kier molecular flexibility index (Phi) is 13.0. The number of halogens is 1. The molecule has 0 aliphatic carbocycles. The second-order valence-corrected chi connectivity index (χ2v) is 6.53. The van der Waals surface area contributed by atoms with Gasteiger partial charge in [-0.05, 0) is 43.5 Å². The molecular weight excluding hydrogens is 471 g/mol. The van der Waals surface area contributed by atoms with Crippen molar-refractivity contribution in [1.29, 1.82) is 0 Å². The first-order valence-corrected chi connectivity index (χ1v) is 9.72. The summed E-state index contributed by atoms with van der Waals surface area (Å²) in [6.07, 6.45) is 3.21. The maximum atomic E-state index is 5.38. The molecule has 1 aliphatic rings. The molecule has 28 heavy (non-hydrogen) atoms. The highest BCUT2D eigenvalue weighted by atomic mass is 127. The van der Waals surface area contributed by atoms with Gasteiger partial charge in [-0.25, -0.2) is 0 Å². The van der Waals surface area contributed by atoms with Gasteiger partial charge in [-0.2, -0.15) is 0 Å². The summed E-state index contributed by atoms with van der Waals surface area (Å²) in [5.41, 5.74) is 1.20. The molecule has 1 heterocycles. The van der Waals surface area contributed by atoms with Crippen LogP contribution in [-0.4, -0.2) is 78.1 Å². The van der Waals surface area contributed by atoms with Gasteiger partial charge < -0.3 is 24.8 Å². The van der Waals surface area contributed by atoms with Crippen LogP contribution in [0.25, 0.3) is 0 Å². The maximum Gasteiger partial charge on any atom is 0.190 e. The molecule has 1 aromatic rings. The number of ether oxygens (including phenoxy) is 3. The number of hydrogen-bond donors (Lipinski definition) is 2. The SMILES string of the molecule is CN=C(NCCCCN1CCOCC1)NCCc1ccc(OC)c(OC)c1.I.